The summed E-state index contributed by atoms with van der Waals surface area (Å²) in [6.07, 6.45) is -2.47. The molecule has 3 aromatic carbocycles. The highest BCUT2D eigenvalue weighted by molar-refractivity contribution is 5.90. The van der Waals surface area contributed by atoms with Gasteiger partial charge in [0, 0.05) is 13.0 Å². The molecule has 8 N–H and O–H groups in total. The van der Waals surface area contributed by atoms with Crippen LogP contribution in [0.3, 0.4) is 0 Å². The SMILES string of the molecule is CC(C)(C)OC(=O)NC(CC(N)=O)C(=O)N[C@@H](Cc1ccccc1)C(O)CN[C@@H](Cc1ccccc1)C(=O)NC1c2ccccc2C[C@H]1O. The van der Waals surface area contributed by atoms with Crippen molar-refractivity contribution in [1.29, 1.82) is 0 Å². The highest BCUT2D eigenvalue weighted by Gasteiger charge is 2.35. The topological polar surface area (TPSA) is 192 Å². The Kier molecular flexibility index (Phi) is 12.9. The summed E-state index contributed by atoms with van der Waals surface area (Å²) < 4.78 is 5.26. The van der Waals surface area contributed by atoms with E-state index in [0.717, 1.165) is 22.3 Å². The zero-order valence-electron chi connectivity index (χ0n) is 28.1. The Morgan fingerprint density at radius 2 is 1.43 bits per heavy atom. The first-order valence-corrected chi connectivity index (χ1v) is 16.4. The minimum absolute atomic E-state index is 0.105. The Balaban J connectivity index is 1.51. The van der Waals surface area contributed by atoms with E-state index in [9.17, 15) is 29.4 Å². The van der Waals surface area contributed by atoms with Gasteiger partial charge in [-0.1, -0.05) is 84.9 Å². The summed E-state index contributed by atoms with van der Waals surface area (Å²) in [6.45, 7) is 4.88. The third-order valence-electron chi connectivity index (χ3n) is 8.18. The first kappa shape index (κ1) is 37.0. The van der Waals surface area contributed by atoms with Crippen LogP contribution in [-0.4, -0.2) is 76.5 Å². The van der Waals surface area contributed by atoms with Gasteiger partial charge in [-0.2, -0.15) is 0 Å². The molecule has 0 heterocycles. The molecule has 0 saturated heterocycles. The minimum Gasteiger partial charge on any atom is -0.444 e. The second kappa shape index (κ2) is 17.0. The molecule has 4 amide bonds. The second-order valence-electron chi connectivity index (χ2n) is 13.3. The number of benzene rings is 3. The van der Waals surface area contributed by atoms with Crippen molar-refractivity contribution in [2.45, 2.75) is 88.4 Å². The van der Waals surface area contributed by atoms with Gasteiger partial charge in [0.25, 0.3) is 0 Å². The van der Waals surface area contributed by atoms with Crippen LogP contribution in [0.5, 0.6) is 0 Å². The van der Waals surface area contributed by atoms with E-state index in [2.05, 4.69) is 21.3 Å². The van der Waals surface area contributed by atoms with E-state index in [1.165, 1.54) is 0 Å². The average molecular weight is 674 g/mol. The van der Waals surface area contributed by atoms with Crippen molar-refractivity contribution in [3.05, 3.63) is 107 Å². The summed E-state index contributed by atoms with van der Waals surface area (Å²) in [5.74, 6) is -1.91. The maximum Gasteiger partial charge on any atom is 0.408 e. The average Bonchev–Trinajstić information content (AvgIpc) is 3.36. The lowest BCUT2D eigenvalue weighted by Gasteiger charge is -2.29. The number of amides is 4. The van der Waals surface area contributed by atoms with Crippen LogP contribution >= 0.6 is 0 Å². The van der Waals surface area contributed by atoms with E-state index in [4.69, 9.17) is 10.5 Å². The van der Waals surface area contributed by atoms with Gasteiger partial charge in [0.1, 0.15) is 11.6 Å². The van der Waals surface area contributed by atoms with E-state index in [0.29, 0.717) is 12.8 Å². The van der Waals surface area contributed by atoms with Crippen LogP contribution in [0, 0.1) is 0 Å². The summed E-state index contributed by atoms with van der Waals surface area (Å²) in [6, 6.07) is 22.5. The zero-order chi connectivity index (χ0) is 35.6. The molecule has 0 bridgehead atoms. The minimum atomic E-state index is -1.36. The Morgan fingerprint density at radius 1 is 0.837 bits per heavy atom. The van der Waals surface area contributed by atoms with Crippen LogP contribution < -0.4 is 27.0 Å². The zero-order valence-corrected chi connectivity index (χ0v) is 28.1. The standard InChI is InChI=1S/C37H47N5O7/c1-37(2,3)49-36(48)41-29(21-32(38)45)35(47)40-27(18-23-12-6-4-7-13-23)31(44)22-39-28(19-24-14-8-5-9-15-24)34(46)42-33-26-17-11-10-16-25(26)20-30(33)43/h4-17,27-31,33,39,43-44H,18-22H2,1-3H3,(H2,38,45)(H,40,47)(H,41,48)(H,42,46)/t27-,28-,29?,30+,31?,33?/m0/s1. The molecule has 262 valence electrons. The number of aliphatic hydroxyl groups is 2. The fourth-order valence-corrected chi connectivity index (χ4v) is 5.81. The molecule has 3 unspecified atom stereocenters. The smallest absolute Gasteiger partial charge is 0.408 e. The summed E-state index contributed by atoms with van der Waals surface area (Å²) >= 11 is 0. The maximum absolute atomic E-state index is 13.8. The molecule has 1 aliphatic rings. The first-order chi connectivity index (χ1) is 23.3. The highest BCUT2D eigenvalue weighted by Crippen LogP contribution is 2.31. The largest absolute Gasteiger partial charge is 0.444 e. The number of hydrogen-bond donors (Lipinski definition) is 7. The summed E-state index contributed by atoms with van der Waals surface area (Å²) in [7, 11) is 0. The van der Waals surface area contributed by atoms with Gasteiger partial charge in [0.2, 0.25) is 17.7 Å². The van der Waals surface area contributed by atoms with E-state index < -0.39 is 66.3 Å². The maximum atomic E-state index is 13.8. The third kappa shape index (κ3) is 11.4. The molecular weight excluding hydrogens is 626 g/mol. The quantitative estimate of drug-likeness (QED) is 0.127. The molecule has 1 aliphatic carbocycles. The Labute approximate surface area is 286 Å². The Bertz CT molecular complexity index is 1560. The number of ether oxygens (including phenoxy) is 1. The van der Waals surface area contributed by atoms with Crippen LogP contribution in [-0.2, 0) is 38.4 Å². The summed E-state index contributed by atoms with van der Waals surface area (Å²) in [5, 5.41) is 33.7. The lowest BCUT2D eigenvalue weighted by atomic mass is 9.99. The molecule has 3 aromatic rings. The fraction of sp³-hybridized carbons (Fsp3) is 0.405. The number of hydrogen-bond acceptors (Lipinski definition) is 8. The molecule has 0 aromatic heterocycles. The van der Waals surface area contributed by atoms with Gasteiger partial charge in [0.15, 0.2) is 0 Å². The van der Waals surface area contributed by atoms with Crippen molar-refractivity contribution in [2.75, 3.05) is 6.54 Å². The number of carbonyl (C=O) groups is 4. The monoisotopic (exact) mass is 673 g/mol. The number of nitrogens with one attached hydrogen (secondary N) is 4. The molecule has 6 atom stereocenters. The van der Waals surface area contributed by atoms with Gasteiger partial charge < -0.3 is 42.0 Å². The molecule has 49 heavy (non-hydrogen) atoms. The Morgan fingerprint density at radius 3 is 2.04 bits per heavy atom. The van der Waals surface area contributed by atoms with Gasteiger partial charge in [0.05, 0.1) is 36.8 Å². The molecule has 4 rings (SSSR count). The molecule has 0 spiro atoms. The van der Waals surface area contributed by atoms with Crippen molar-refractivity contribution >= 4 is 23.8 Å². The molecule has 0 fully saturated rings. The number of rotatable bonds is 15. The molecule has 0 aliphatic heterocycles. The number of nitrogens with two attached hydrogens (primary N) is 1. The van der Waals surface area contributed by atoms with Crippen molar-refractivity contribution < 1.29 is 34.1 Å². The number of alkyl carbamates (subject to hydrolysis) is 1. The van der Waals surface area contributed by atoms with Gasteiger partial charge in [-0.05, 0) is 55.9 Å². The number of aliphatic hydroxyl groups excluding tert-OH is 2. The van der Waals surface area contributed by atoms with Gasteiger partial charge >= 0.3 is 6.09 Å². The van der Waals surface area contributed by atoms with Crippen molar-refractivity contribution in [3.8, 4) is 0 Å². The predicted molar refractivity (Wildman–Crippen MR) is 184 cm³/mol. The van der Waals surface area contributed by atoms with Crippen molar-refractivity contribution in [2.24, 2.45) is 5.73 Å². The predicted octanol–water partition coefficient (Wildman–Crippen LogP) is 1.82. The lowest BCUT2D eigenvalue weighted by Crippen LogP contribution is -2.57. The van der Waals surface area contributed by atoms with Gasteiger partial charge in [-0.25, -0.2) is 4.79 Å². The van der Waals surface area contributed by atoms with Gasteiger partial charge in [-0.15, -0.1) is 0 Å². The van der Waals surface area contributed by atoms with E-state index in [1.807, 2.05) is 84.9 Å². The van der Waals surface area contributed by atoms with Crippen LogP contribution in [0.1, 0.15) is 55.5 Å². The number of carbonyl (C=O) groups excluding carboxylic acids is 4. The third-order valence-corrected chi connectivity index (χ3v) is 8.18. The van der Waals surface area contributed by atoms with E-state index in [1.54, 1.807) is 20.8 Å². The molecular formula is C37H47N5O7. The van der Waals surface area contributed by atoms with Crippen LogP contribution in [0.15, 0.2) is 84.9 Å². The van der Waals surface area contributed by atoms with Crippen molar-refractivity contribution in [3.63, 3.8) is 0 Å². The normalized spacial score (nSPS) is 17.9. The van der Waals surface area contributed by atoms with Crippen LogP contribution in [0.25, 0.3) is 0 Å². The number of primary amides is 1. The molecule has 12 heteroatoms. The van der Waals surface area contributed by atoms with Crippen LogP contribution in [0.4, 0.5) is 4.79 Å². The lowest BCUT2D eigenvalue weighted by molar-refractivity contribution is -0.128. The van der Waals surface area contributed by atoms with Crippen LogP contribution in [0.2, 0.25) is 0 Å². The van der Waals surface area contributed by atoms with E-state index in [-0.39, 0.29) is 18.9 Å². The van der Waals surface area contributed by atoms with Gasteiger partial charge in [-0.3, -0.25) is 14.4 Å². The first-order valence-electron chi connectivity index (χ1n) is 16.4. The van der Waals surface area contributed by atoms with Crippen molar-refractivity contribution in [1.82, 2.24) is 21.3 Å². The molecule has 0 radical (unpaired) electrons. The molecule has 12 nitrogen and oxygen atoms in total. The molecule has 0 saturated carbocycles. The number of fused-ring (bicyclic) bond motifs is 1. The Hall–Kier alpha value is -4.78. The van der Waals surface area contributed by atoms with E-state index >= 15 is 0 Å². The second-order valence-corrected chi connectivity index (χ2v) is 13.3. The summed E-state index contributed by atoms with van der Waals surface area (Å²) in [4.78, 5) is 51.6. The fourth-order valence-electron chi connectivity index (χ4n) is 5.81. The summed E-state index contributed by atoms with van der Waals surface area (Å²) in [5.41, 5.74) is 8.06. The highest BCUT2D eigenvalue weighted by atomic mass is 16.6.